The highest BCUT2D eigenvalue weighted by molar-refractivity contribution is 5.74. The molecule has 26 heavy (non-hydrogen) atoms. The summed E-state index contributed by atoms with van der Waals surface area (Å²) in [6.07, 6.45) is 6.53. The van der Waals surface area contributed by atoms with Gasteiger partial charge in [-0.2, -0.15) is 0 Å². The first-order valence-electron chi connectivity index (χ1n) is 9.91. The van der Waals surface area contributed by atoms with Crippen LogP contribution in [0, 0.1) is 5.92 Å². The molecule has 3 aliphatic rings. The van der Waals surface area contributed by atoms with Gasteiger partial charge < -0.3 is 19.7 Å². The van der Waals surface area contributed by atoms with Crippen molar-refractivity contribution in [2.75, 3.05) is 39.5 Å². The van der Waals surface area contributed by atoms with Gasteiger partial charge in [0.2, 0.25) is 6.79 Å². The van der Waals surface area contributed by atoms with Crippen molar-refractivity contribution in [3.05, 3.63) is 23.8 Å². The zero-order valence-corrected chi connectivity index (χ0v) is 15.4. The van der Waals surface area contributed by atoms with Crippen LogP contribution in [0.1, 0.15) is 37.7 Å². The first kappa shape index (κ1) is 17.5. The predicted molar refractivity (Wildman–Crippen MR) is 99.4 cm³/mol. The fourth-order valence-corrected chi connectivity index (χ4v) is 4.14. The van der Waals surface area contributed by atoms with Crippen molar-refractivity contribution in [2.24, 2.45) is 5.92 Å². The number of hydrogen-bond donors (Lipinski definition) is 1. The highest BCUT2D eigenvalue weighted by atomic mass is 16.7. The number of nitrogens with one attached hydrogen (secondary N) is 1. The zero-order chi connectivity index (χ0) is 17.8. The van der Waals surface area contributed by atoms with Crippen LogP contribution in [0.15, 0.2) is 18.2 Å². The number of nitrogens with zero attached hydrogens (tertiary/aromatic N) is 2. The Morgan fingerprint density at radius 3 is 2.62 bits per heavy atom. The normalized spacial score (nSPS) is 21.0. The second-order valence-corrected chi connectivity index (χ2v) is 7.64. The fraction of sp³-hybridized carbons (Fsp3) is 0.650. The van der Waals surface area contributed by atoms with E-state index in [4.69, 9.17) is 9.47 Å². The molecule has 0 radical (unpaired) electrons. The minimum atomic E-state index is 0.110. The lowest BCUT2D eigenvalue weighted by Crippen LogP contribution is -2.52. The maximum atomic E-state index is 12.4. The van der Waals surface area contributed by atoms with Crippen molar-refractivity contribution >= 4 is 6.03 Å². The smallest absolute Gasteiger partial charge is 0.317 e. The fourth-order valence-electron chi connectivity index (χ4n) is 4.14. The van der Waals surface area contributed by atoms with Gasteiger partial charge in [0, 0.05) is 39.3 Å². The molecule has 4 rings (SSSR count). The molecule has 1 aromatic carbocycles. The third kappa shape index (κ3) is 4.23. The average Bonchev–Trinajstić information content (AvgIpc) is 3.15. The van der Waals surface area contributed by atoms with E-state index in [1.165, 1.54) is 37.7 Å². The second-order valence-electron chi connectivity index (χ2n) is 7.64. The van der Waals surface area contributed by atoms with Gasteiger partial charge in [-0.1, -0.05) is 25.3 Å². The second kappa shape index (κ2) is 8.16. The number of carbonyl (C=O) groups is 1. The Hall–Kier alpha value is -1.95. The van der Waals surface area contributed by atoms with Crippen LogP contribution >= 0.6 is 0 Å². The summed E-state index contributed by atoms with van der Waals surface area (Å²) in [7, 11) is 0. The Morgan fingerprint density at radius 2 is 1.81 bits per heavy atom. The van der Waals surface area contributed by atoms with Crippen LogP contribution in [0.2, 0.25) is 0 Å². The average molecular weight is 359 g/mol. The standard InChI is InChI=1S/C20H29N3O3/c24-20(21-13-16-4-2-1-3-5-16)23-10-8-22(9-11-23)14-17-6-7-18-19(12-17)26-15-25-18/h6-7,12,16H,1-5,8-11,13-15H2,(H,21,24). The van der Waals surface area contributed by atoms with E-state index in [1.807, 2.05) is 11.0 Å². The predicted octanol–water partition coefficient (Wildman–Crippen LogP) is 2.82. The molecular weight excluding hydrogens is 330 g/mol. The van der Waals surface area contributed by atoms with Crippen LogP contribution in [-0.2, 0) is 6.54 Å². The number of fused-ring (bicyclic) bond motifs is 1. The molecule has 0 atom stereocenters. The van der Waals surface area contributed by atoms with Crippen LogP contribution in [0.25, 0.3) is 0 Å². The van der Waals surface area contributed by atoms with Gasteiger partial charge in [-0.3, -0.25) is 4.90 Å². The number of amides is 2. The van der Waals surface area contributed by atoms with Crippen LogP contribution in [0.3, 0.4) is 0 Å². The van der Waals surface area contributed by atoms with E-state index in [0.29, 0.717) is 12.7 Å². The molecule has 0 spiro atoms. The van der Waals surface area contributed by atoms with E-state index in [0.717, 1.165) is 50.8 Å². The zero-order valence-electron chi connectivity index (χ0n) is 15.4. The maximum Gasteiger partial charge on any atom is 0.317 e. The highest BCUT2D eigenvalue weighted by Gasteiger charge is 2.23. The molecule has 1 saturated carbocycles. The van der Waals surface area contributed by atoms with E-state index in [1.54, 1.807) is 0 Å². The number of hydrogen-bond acceptors (Lipinski definition) is 4. The van der Waals surface area contributed by atoms with Crippen LogP contribution < -0.4 is 14.8 Å². The van der Waals surface area contributed by atoms with Gasteiger partial charge in [0.05, 0.1) is 0 Å². The lowest BCUT2D eigenvalue weighted by Gasteiger charge is -2.35. The molecule has 6 nitrogen and oxygen atoms in total. The van der Waals surface area contributed by atoms with Crippen LogP contribution in [-0.4, -0.2) is 55.3 Å². The van der Waals surface area contributed by atoms with Crippen molar-refractivity contribution in [2.45, 2.75) is 38.6 Å². The van der Waals surface area contributed by atoms with Gasteiger partial charge in [-0.05, 0) is 36.5 Å². The van der Waals surface area contributed by atoms with Gasteiger partial charge in [-0.15, -0.1) is 0 Å². The van der Waals surface area contributed by atoms with E-state index >= 15 is 0 Å². The molecule has 0 aromatic heterocycles. The number of rotatable bonds is 4. The number of piperazine rings is 1. The molecule has 0 unspecified atom stereocenters. The molecule has 0 bridgehead atoms. The Bertz CT molecular complexity index is 623. The lowest BCUT2D eigenvalue weighted by molar-refractivity contribution is 0.134. The minimum absolute atomic E-state index is 0.110. The van der Waals surface area contributed by atoms with Gasteiger partial charge in [-0.25, -0.2) is 4.79 Å². The van der Waals surface area contributed by atoms with Crippen molar-refractivity contribution in [1.29, 1.82) is 0 Å². The van der Waals surface area contributed by atoms with Crippen molar-refractivity contribution < 1.29 is 14.3 Å². The van der Waals surface area contributed by atoms with Gasteiger partial charge in [0.1, 0.15) is 0 Å². The highest BCUT2D eigenvalue weighted by Crippen LogP contribution is 2.32. The van der Waals surface area contributed by atoms with Crippen LogP contribution in [0.4, 0.5) is 4.79 Å². The summed E-state index contributed by atoms with van der Waals surface area (Å²) < 4.78 is 10.8. The molecule has 6 heteroatoms. The summed E-state index contributed by atoms with van der Waals surface area (Å²) in [6.45, 7) is 5.44. The largest absolute Gasteiger partial charge is 0.454 e. The molecule has 2 aliphatic heterocycles. The molecule has 2 fully saturated rings. The summed E-state index contributed by atoms with van der Waals surface area (Å²) in [6, 6.07) is 6.24. The molecule has 142 valence electrons. The van der Waals surface area contributed by atoms with Crippen molar-refractivity contribution in [3.63, 3.8) is 0 Å². The topological polar surface area (TPSA) is 54.0 Å². The Balaban J connectivity index is 1.20. The molecule has 1 N–H and O–H groups in total. The molecule has 2 amide bonds. The molecule has 2 heterocycles. The van der Waals surface area contributed by atoms with E-state index in [2.05, 4.69) is 22.3 Å². The summed E-state index contributed by atoms with van der Waals surface area (Å²) in [5.41, 5.74) is 1.23. The summed E-state index contributed by atoms with van der Waals surface area (Å²) in [4.78, 5) is 16.7. The number of carbonyl (C=O) groups excluding carboxylic acids is 1. The van der Waals surface area contributed by atoms with Crippen molar-refractivity contribution in [1.82, 2.24) is 15.1 Å². The number of urea groups is 1. The summed E-state index contributed by atoms with van der Waals surface area (Å²) >= 11 is 0. The van der Waals surface area contributed by atoms with E-state index in [9.17, 15) is 4.79 Å². The van der Waals surface area contributed by atoms with E-state index in [-0.39, 0.29) is 6.03 Å². The first-order chi connectivity index (χ1) is 12.8. The maximum absolute atomic E-state index is 12.4. The van der Waals surface area contributed by atoms with Crippen LogP contribution in [0.5, 0.6) is 11.5 Å². The summed E-state index contributed by atoms with van der Waals surface area (Å²) in [5.74, 6) is 2.34. The Kier molecular flexibility index (Phi) is 5.48. The summed E-state index contributed by atoms with van der Waals surface area (Å²) in [5, 5.41) is 3.15. The molecule has 1 aliphatic carbocycles. The molecular formula is C20H29N3O3. The van der Waals surface area contributed by atoms with Gasteiger partial charge in [0.25, 0.3) is 0 Å². The number of benzene rings is 1. The lowest BCUT2D eigenvalue weighted by atomic mass is 9.89. The Morgan fingerprint density at radius 1 is 1.04 bits per heavy atom. The third-order valence-corrected chi connectivity index (χ3v) is 5.77. The molecule has 1 saturated heterocycles. The SMILES string of the molecule is O=C(NCC1CCCCC1)N1CCN(Cc2ccc3c(c2)OCO3)CC1. The van der Waals surface area contributed by atoms with Crippen molar-refractivity contribution in [3.8, 4) is 11.5 Å². The third-order valence-electron chi connectivity index (χ3n) is 5.77. The van der Waals surface area contributed by atoms with Gasteiger partial charge >= 0.3 is 6.03 Å². The first-order valence-corrected chi connectivity index (χ1v) is 9.91. The molecule has 1 aromatic rings. The quantitative estimate of drug-likeness (QED) is 0.898. The number of ether oxygens (including phenoxy) is 2. The van der Waals surface area contributed by atoms with E-state index < -0.39 is 0 Å². The van der Waals surface area contributed by atoms with Gasteiger partial charge in [0.15, 0.2) is 11.5 Å². The monoisotopic (exact) mass is 359 g/mol. The Labute approximate surface area is 155 Å². The minimum Gasteiger partial charge on any atom is -0.454 e.